The van der Waals surface area contributed by atoms with Gasteiger partial charge in [0.15, 0.2) is 0 Å². The molecule has 5 nitrogen and oxygen atoms in total. The number of nitrogens with zero attached hydrogens (tertiary/aromatic N) is 1. The number of para-hydroxylation sites is 1. The molecule has 2 aromatic rings. The van der Waals surface area contributed by atoms with Gasteiger partial charge in [-0.2, -0.15) is 0 Å². The fourth-order valence-electron chi connectivity index (χ4n) is 2.98. The first-order valence-electron chi connectivity index (χ1n) is 8.03. The Kier molecular flexibility index (Phi) is 4.78. The molecule has 1 aliphatic rings. The summed E-state index contributed by atoms with van der Waals surface area (Å²) in [5, 5.41) is 5.15. The predicted octanol–water partition coefficient (Wildman–Crippen LogP) is 2.69. The molecule has 24 heavy (non-hydrogen) atoms. The number of ether oxygens (including phenoxy) is 1. The first-order valence-corrected chi connectivity index (χ1v) is 9.58. The maximum Gasteiger partial charge on any atom is 0.238 e. The number of benzene rings is 2. The molecule has 1 heterocycles. The average Bonchev–Trinajstić information content (AvgIpc) is 2.57. The van der Waals surface area contributed by atoms with Gasteiger partial charge >= 0.3 is 0 Å². The molecule has 128 valence electrons. The lowest BCUT2D eigenvalue weighted by Crippen LogP contribution is -2.41. The van der Waals surface area contributed by atoms with Crippen LogP contribution in [0.25, 0.3) is 0 Å². The predicted molar refractivity (Wildman–Crippen MR) is 94.9 cm³/mol. The molecule has 2 aromatic carbocycles. The van der Waals surface area contributed by atoms with E-state index in [4.69, 9.17) is 9.88 Å². The standard InChI is InChI=1S/C18H22N2O3S/c1-14-5-2-3-7-18(14)23-16-6-4-12-20(13-16)15-8-10-17(11-9-15)24(19,21)22/h2-3,5,7-11,16H,4,6,12-13H2,1H3,(H2,19,21,22). The summed E-state index contributed by atoms with van der Waals surface area (Å²) in [4.78, 5) is 2.36. The topological polar surface area (TPSA) is 72.6 Å². The maximum absolute atomic E-state index is 11.4. The molecule has 0 saturated carbocycles. The summed E-state index contributed by atoms with van der Waals surface area (Å²) in [7, 11) is -3.65. The zero-order valence-electron chi connectivity index (χ0n) is 13.7. The van der Waals surface area contributed by atoms with Gasteiger partial charge < -0.3 is 9.64 Å². The highest BCUT2D eigenvalue weighted by Gasteiger charge is 2.22. The van der Waals surface area contributed by atoms with Gasteiger partial charge in [-0.15, -0.1) is 0 Å². The Hall–Kier alpha value is -2.05. The van der Waals surface area contributed by atoms with Crippen molar-refractivity contribution in [3.8, 4) is 5.75 Å². The Morgan fingerprint density at radius 2 is 1.83 bits per heavy atom. The van der Waals surface area contributed by atoms with Gasteiger partial charge in [-0.05, 0) is 55.7 Å². The number of piperidine rings is 1. The van der Waals surface area contributed by atoms with E-state index in [9.17, 15) is 8.42 Å². The molecular weight excluding hydrogens is 324 g/mol. The van der Waals surface area contributed by atoms with Crippen LogP contribution in [-0.4, -0.2) is 27.6 Å². The molecule has 0 aliphatic carbocycles. The normalized spacial score (nSPS) is 18.4. The van der Waals surface area contributed by atoms with Crippen molar-refractivity contribution < 1.29 is 13.2 Å². The fraction of sp³-hybridized carbons (Fsp3) is 0.333. The van der Waals surface area contributed by atoms with Crippen LogP contribution in [0.3, 0.4) is 0 Å². The summed E-state index contributed by atoms with van der Waals surface area (Å²) >= 11 is 0. The number of anilines is 1. The first kappa shape index (κ1) is 16.8. The Bertz CT molecular complexity index is 803. The van der Waals surface area contributed by atoms with Crippen LogP contribution < -0.4 is 14.8 Å². The molecular formula is C18H22N2O3S. The SMILES string of the molecule is Cc1ccccc1OC1CCCN(c2ccc(S(N)(=O)=O)cc2)C1. The molecule has 1 saturated heterocycles. The third-order valence-corrected chi connectivity index (χ3v) is 5.23. The minimum Gasteiger partial charge on any atom is -0.488 e. The van der Waals surface area contributed by atoms with Crippen LogP contribution in [0.1, 0.15) is 18.4 Å². The molecule has 6 heteroatoms. The van der Waals surface area contributed by atoms with E-state index < -0.39 is 10.0 Å². The van der Waals surface area contributed by atoms with Crippen LogP contribution in [0, 0.1) is 6.92 Å². The zero-order valence-corrected chi connectivity index (χ0v) is 14.5. The summed E-state index contributed by atoms with van der Waals surface area (Å²) in [6.07, 6.45) is 2.17. The molecule has 0 amide bonds. The van der Waals surface area contributed by atoms with E-state index in [1.54, 1.807) is 24.3 Å². The number of nitrogens with two attached hydrogens (primary N) is 1. The fourth-order valence-corrected chi connectivity index (χ4v) is 3.50. The Morgan fingerprint density at radius 3 is 2.50 bits per heavy atom. The second-order valence-corrected chi connectivity index (χ2v) is 7.69. The third-order valence-electron chi connectivity index (χ3n) is 4.30. The average molecular weight is 346 g/mol. The maximum atomic E-state index is 11.4. The summed E-state index contributed by atoms with van der Waals surface area (Å²) in [6.45, 7) is 3.76. The van der Waals surface area contributed by atoms with Crippen molar-refractivity contribution >= 4 is 15.7 Å². The van der Waals surface area contributed by atoms with Crippen LogP contribution in [0.2, 0.25) is 0 Å². The van der Waals surface area contributed by atoms with E-state index in [1.165, 1.54) is 0 Å². The van der Waals surface area contributed by atoms with Gasteiger partial charge in [-0.25, -0.2) is 13.6 Å². The van der Waals surface area contributed by atoms with E-state index >= 15 is 0 Å². The molecule has 1 fully saturated rings. The molecule has 3 rings (SSSR count). The molecule has 0 bridgehead atoms. The molecule has 0 radical (unpaired) electrons. The van der Waals surface area contributed by atoms with Crippen molar-refractivity contribution in [1.29, 1.82) is 0 Å². The number of hydrogen-bond acceptors (Lipinski definition) is 4. The zero-order chi connectivity index (χ0) is 17.2. The largest absolute Gasteiger partial charge is 0.488 e. The minimum atomic E-state index is -3.65. The molecule has 1 aliphatic heterocycles. The van der Waals surface area contributed by atoms with Gasteiger partial charge in [-0.3, -0.25) is 0 Å². The summed E-state index contributed by atoms with van der Waals surface area (Å²) in [5.74, 6) is 0.925. The van der Waals surface area contributed by atoms with Crippen LogP contribution in [0.5, 0.6) is 5.75 Å². The Balaban J connectivity index is 1.70. The second kappa shape index (κ2) is 6.83. The van der Waals surface area contributed by atoms with E-state index in [2.05, 4.69) is 4.90 Å². The minimum absolute atomic E-state index is 0.123. The van der Waals surface area contributed by atoms with E-state index in [1.807, 2.05) is 31.2 Å². The van der Waals surface area contributed by atoms with E-state index in [0.29, 0.717) is 0 Å². The number of rotatable bonds is 4. The van der Waals surface area contributed by atoms with Crippen molar-refractivity contribution in [3.05, 3.63) is 54.1 Å². The molecule has 1 unspecified atom stereocenters. The van der Waals surface area contributed by atoms with Crippen molar-refractivity contribution in [2.45, 2.75) is 30.8 Å². The van der Waals surface area contributed by atoms with Gasteiger partial charge in [0, 0.05) is 12.2 Å². The lowest BCUT2D eigenvalue weighted by atomic mass is 10.1. The molecule has 1 atom stereocenters. The van der Waals surface area contributed by atoms with Crippen LogP contribution >= 0.6 is 0 Å². The number of primary sulfonamides is 1. The van der Waals surface area contributed by atoms with Gasteiger partial charge in [0.1, 0.15) is 11.9 Å². The van der Waals surface area contributed by atoms with E-state index in [0.717, 1.165) is 42.9 Å². The Labute approximate surface area is 143 Å². The highest BCUT2D eigenvalue weighted by Crippen LogP contribution is 2.25. The highest BCUT2D eigenvalue weighted by molar-refractivity contribution is 7.89. The van der Waals surface area contributed by atoms with Gasteiger partial charge in [0.25, 0.3) is 0 Å². The number of sulfonamides is 1. The van der Waals surface area contributed by atoms with Crippen molar-refractivity contribution in [3.63, 3.8) is 0 Å². The summed E-state index contributed by atoms with van der Waals surface area (Å²) < 4.78 is 28.9. The second-order valence-electron chi connectivity index (χ2n) is 6.13. The first-order chi connectivity index (χ1) is 11.4. The van der Waals surface area contributed by atoms with E-state index in [-0.39, 0.29) is 11.0 Å². The number of aryl methyl sites for hydroxylation is 1. The van der Waals surface area contributed by atoms with Gasteiger partial charge in [0.2, 0.25) is 10.0 Å². The van der Waals surface area contributed by atoms with Gasteiger partial charge in [-0.1, -0.05) is 18.2 Å². The van der Waals surface area contributed by atoms with Crippen molar-refractivity contribution in [1.82, 2.24) is 0 Å². The molecule has 2 N–H and O–H groups in total. The molecule has 0 aromatic heterocycles. The Morgan fingerprint density at radius 1 is 1.12 bits per heavy atom. The van der Waals surface area contributed by atoms with Crippen molar-refractivity contribution in [2.24, 2.45) is 5.14 Å². The lowest BCUT2D eigenvalue weighted by molar-refractivity contribution is 0.178. The van der Waals surface area contributed by atoms with Crippen LogP contribution in [0.4, 0.5) is 5.69 Å². The molecule has 0 spiro atoms. The van der Waals surface area contributed by atoms with Crippen LogP contribution in [0.15, 0.2) is 53.4 Å². The lowest BCUT2D eigenvalue weighted by Gasteiger charge is -2.34. The van der Waals surface area contributed by atoms with Gasteiger partial charge in [0.05, 0.1) is 11.4 Å². The quantitative estimate of drug-likeness (QED) is 0.924. The summed E-state index contributed by atoms with van der Waals surface area (Å²) in [5.41, 5.74) is 2.12. The van der Waals surface area contributed by atoms with Crippen LogP contribution in [-0.2, 0) is 10.0 Å². The smallest absolute Gasteiger partial charge is 0.238 e. The third kappa shape index (κ3) is 3.88. The van der Waals surface area contributed by atoms with Crippen molar-refractivity contribution in [2.75, 3.05) is 18.0 Å². The number of hydrogen-bond donors (Lipinski definition) is 1. The highest BCUT2D eigenvalue weighted by atomic mass is 32.2. The monoisotopic (exact) mass is 346 g/mol. The summed E-state index contributed by atoms with van der Waals surface area (Å²) in [6, 6.07) is 14.7.